The molecule has 2 rings (SSSR count). The molecule has 1 amide bonds. The van der Waals surface area contributed by atoms with Crippen molar-refractivity contribution in [2.24, 2.45) is 5.73 Å². The SMILES string of the molecule is CCC1(C(=O)O)CCCN1c1cc(C(N)=O)ccn1. The number of carbonyl (C=O) groups is 2. The smallest absolute Gasteiger partial charge is 0.329 e. The molecule has 0 aromatic carbocycles. The maximum Gasteiger partial charge on any atom is 0.329 e. The molecule has 6 nitrogen and oxygen atoms in total. The fourth-order valence-electron chi connectivity index (χ4n) is 2.67. The van der Waals surface area contributed by atoms with Crippen LogP contribution in [0.5, 0.6) is 0 Å². The average Bonchev–Trinajstić information content (AvgIpc) is 2.83. The highest BCUT2D eigenvalue weighted by Gasteiger charge is 2.46. The second kappa shape index (κ2) is 4.87. The first kappa shape index (κ1) is 13.3. The highest BCUT2D eigenvalue weighted by Crippen LogP contribution is 2.36. The molecule has 3 N–H and O–H groups in total. The molecule has 0 spiro atoms. The van der Waals surface area contributed by atoms with Crippen molar-refractivity contribution in [2.45, 2.75) is 31.7 Å². The summed E-state index contributed by atoms with van der Waals surface area (Å²) in [5, 5.41) is 9.51. The second-order valence-electron chi connectivity index (χ2n) is 4.71. The predicted octanol–water partition coefficient (Wildman–Crippen LogP) is 1.01. The van der Waals surface area contributed by atoms with Crippen LogP contribution in [0.4, 0.5) is 5.82 Å². The van der Waals surface area contributed by atoms with E-state index in [2.05, 4.69) is 4.98 Å². The van der Waals surface area contributed by atoms with E-state index in [4.69, 9.17) is 5.73 Å². The van der Waals surface area contributed by atoms with Gasteiger partial charge in [0.15, 0.2) is 0 Å². The van der Waals surface area contributed by atoms with Crippen LogP contribution in [-0.4, -0.2) is 34.1 Å². The van der Waals surface area contributed by atoms with E-state index < -0.39 is 17.4 Å². The zero-order valence-corrected chi connectivity index (χ0v) is 10.8. The average molecular weight is 263 g/mol. The zero-order chi connectivity index (χ0) is 14.0. The van der Waals surface area contributed by atoms with E-state index in [1.165, 1.54) is 12.3 Å². The van der Waals surface area contributed by atoms with Crippen molar-refractivity contribution >= 4 is 17.7 Å². The number of anilines is 1. The third kappa shape index (κ3) is 2.14. The molecular formula is C13H17N3O3. The maximum atomic E-state index is 11.6. The number of carbonyl (C=O) groups excluding carboxylic acids is 1. The van der Waals surface area contributed by atoms with Gasteiger partial charge in [-0.3, -0.25) is 4.79 Å². The standard InChI is InChI=1S/C13H17N3O3/c1-2-13(12(18)19)5-3-7-16(13)10-8-9(11(14)17)4-6-15-10/h4,6,8H,2-3,5,7H2,1H3,(H2,14,17)(H,18,19). The normalized spacial score (nSPS) is 22.5. The van der Waals surface area contributed by atoms with Gasteiger partial charge in [0.05, 0.1) is 0 Å². The molecule has 0 saturated carbocycles. The van der Waals surface area contributed by atoms with Gasteiger partial charge in [0.2, 0.25) is 5.91 Å². The summed E-state index contributed by atoms with van der Waals surface area (Å²) in [4.78, 5) is 28.7. The van der Waals surface area contributed by atoms with Crippen LogP contribution in [0.2, 0.25) is 0 Å². The minimum Gasteiger partial charge on any atom is -0.479 e. The molecule has 6 heteroatoms. The number of nitrogens with two attached hydrogens (primary N) is 1. The van der Waals surface area contributed by atoms with Gasteiger partial charge in [-0.25, -0.2) is 9.78 Å². The van der Waals surface area contributed by atoms with Crippen molar-refractivity contribution < 1.29 is 14.7 Å². The van der Waals surface area contributed by atoms with Crippen molar-refractivity contribution in [1.29, 1.82) is 0 Å². The number of amides is 1. The lowest BCUT2D eigenvalue weighted by atomic mass is 9.93. The van der Waals surface area contributed by atoms with Crippen molar-refractivity contribution in [3.63, 3.8) is 0 Å². The molecule has 102 valence electrons. The van der Waals surface area contributed by atoms with Gasteiger partial charge >= 0.3 is 5.97 Å². The van der Waals surface area contributed by atoms with E-state index in [0.717, 1.165) is 6.42 Å². The number of nitrogens with zero attached hydrogens (tertiary/aromatic N) is 2. The quantitative estimate of drug-likeness (QED) is 0.845. The summed E-state index contributed by atoms with van der Waals surface area (Å²) in [5.74, 6) is -0.892. The van der Waals surface area contributed by atoms with Gasteiger partial charge < -0.3 is 15.7 Å². The van der Waals surface area contributed by atoms with Gasteiger partial charge in [-0.1, -0.05) is 6.92 Å². The van der Waals surface area contributed by atoms with Crippen LogP contribution in [0, 0.1) is 0 Å². The third-order valence-corrected chi connectivity index (χ3v) is 3.78. The Hall–Kier alpha value is -2.11. The summed E-state index contributed by atoms with van der Waals surface area (Å²) in [5.41, 5.74) is 4.65. The van der Waals surface area contributed by atoms with Gasteiger partial charge in [0.1, 0.15) is 11.4 Å². The number of aliphatic carboxylic acids is 1. The number of carboxylic acids is 1. The van der Waals surface area contributed by atoms with Crippen molar-refractivity contribution in [2.75, 3.05) is 11.4 Å². The molecule has 1 aromatic rings. The third-order valence-electron chi connectivity index (χ3n) is 3.78. The first-order valence-electron chi connectivity index (χ1n) is 6.28. The monoisotopic (exact) mass is 263 g/mol. The lowest BCUT2D eigenvalue weighted by Crippen LogP contribution is -2.50. The van der Waals surface area contributed by atoms with Gasteiger partial charge in [0.25, 0.3) is 0 Å². The Morgan fingerprint density at radius 1 is 1.58 bits per heavy atom. The van der Waals surface area contributed by atoms with Crippen LogP contribution in [0.1, 0.15) is 36.5 Å². The van der Waals surface area contributed by atoms with E-state index in [-0.39, 0.29) is 0 Å². The van der Waals surface area contributed by atoms with E-state index in [0.29, 0.717) is 30.8 Å². The summed E-state index contributed by atoms with van der Waals surface area (Å²) in [6.45, 7) is 2.47. The van der Waals surface area contributed by atoms with Crippen LogP contribution in [-0.2, 0) is 4.79 Å². The summed E-state index contributed by atoms with van der Waals surface area (Å²) in [6.07, 6.45) is 3.35. The molecule has 1 unspecified atom stereocenters. The van der Waals surface area contributed by atoms with E-state index in [9.17, 15) is 14.7 Å². The van der Waals surface area contributed by atoms with Crippen LogP contribution in [0.15, 0.2) is 18.3 Å². The highest BCUT2D eigenvalue weighted by atomic mass is 16.4. The number of carboxylic acid groups (broad SMARTS) is 1. The molecule has 1 aliphatic heterocycles. The second-order valence-corrected chi connectivity index (χ2v) is 4.71. The highest BCUT2D eigenvalue weighted by molar-refractivity contribution is 5.93. The van der Waals surface area contributed by atoms with E-state index in [1.807, 2.05) is 6.92 Å². The summed E-state index contributed by atoms with van der Waals surface area (Å²) < 4.78 is 0. The Labute approximate surface area is 111 Å². The number of aromatic nitrogens is 1. The van der Waals surface area contributed by atoms with Crippen molar-refractivity contribution in [3.05, 3.63) is 23.9 Å². The minimum absolute atomic E-state index is 0.340. The molecule has 1 aromatic heterocycles. The molecule has 19 heavy (non-hydrogen) atoms. The number of rotatable bonds is 4. The Balaban J connectivity index is 2.42. The number of hydrogen-bond donors (Lipinski definition) is 2. The first-order chi connectivity index (χ1) is 9.01. The van der Waals surface area contributed by atoms with Gasteiger partial charge in [-0.2, -0.15) is 0 Å². The summed E-state index contributed by atoms with van der Waals surface area (Å²) in [6, 6.07) is 3.08. The fraction of sp³-hybridized carbons (Fsp3) is 0.462. The summed E-state index contributed by atoms with van der Waals surface area (Å²) >= 11 is 0. The molecule has 1 fully saturated rings. The van der Waals surface area contributed by atoms with Crippen LogP contribution in [0.3, 0.4) is 0 Å². The minimum atomic E-state index is -0.927. The largest absolute Gasteiger partial charge is 0.479 e. The van der Waals surface area contributed by atoms with E-state index in [1.54, 1.807) is 11.0 Å². The maximum absolute atomic E-state index is 11.6. The molecule has 0 aliphatic carbocycles. The topological polar surface area (TPSA) is 96.5 Å². The molecule has 1 aliphatic rings. The van der Waals surface area contributed by atoms with Crippen molar-refractivity contribution in [3.8, 4) is 0 Å². The molecule has 1 saturated heterocycles. The molecule has 2 heterocycles. The Morgan fingerprint density at radius 3 is 2.89 bits per heavy atom. The molecule has 1 atom stereocenters. The predicted molar refractivity (Wildman–Crippen MR) is 70.0 cm³/mol. The molecular weight excluding hydrogens is 246 g/mol. The van der Waals surface area contributed by atoms with Crippen LogP contribution in [0.25, 0.3) is 0 Å². The van der Waals surface area contributed by atoms with Crippen molar-refractivity contribution in [1.82, 2.24) is 4.98 Å². The van der Waals surface area contributed by atoms with Crippen LogP contribution < -0.4 is 10.6 Å². The van der Waals surface area contributed by atoms with Gasteiger partial charge in [0, 0.05) is 18.3 Å². The Morgan fingerprint density at radius 2 is 2.32 bits per heavy atom. The molecule has 0 bridgehead atoms. The fourth-order valence-corrected chi connectivity index (χ4v) is 2.67. The number of primary amides is 1. The lowest BCUT2D eigenvalue weighted by molar-refractivity contribution is -0.143. The summed E-state index contributed by atoms with van der Waals surface area (Å²) in [7, 11) is 0. The van der Waals surface area contributed by atoms with E-state index >= 15 is 0 Å². The first-order valence-corrected chi connectivity index (χ1v) is 6.28. The number of hydrogen-bond acceptors (Lipinski definition) is 4. The van der Waals surface area contributed by atoms with Crippen LogP contribution >= 0.6 is 0 Å². The number of pyridine rings is 1. The van der Waals surface area contributed by atoms with Gasteiger partial charge in [-0.05, 0) is 31.4 Å². The zero-order valence-electron chi connectivity index (χ0n) is 10.8. The Bertz CT molecular complexity index is 518. The Kier molecular flexibility index (Phi) is 3.42. The van der Waals surface area contributed by atoms with Gasteiger partial charge in [-0.15, -0.1) is 0 Å². The molecule has 0 radical (unpaired) electrons. The lowest BCUT2D eigenvalue weighted by Gasteiger charge is -2.34.